The van der Waals surface area contributed by atoms with Crippen LogP contribution in [-0.4, -0.2) is 22.6 Å². The number of aliphatic hydroxyl groups excluding tert-OH is 1. The molecule has 0 saturated carbocycles. The number of alkyl halides is 1. The van der Waals surface area contributed by atoms with Gasteiger partial charge in [0.2, 0.25) is 0 Å². The van der Waals surface area contributed by atoms with Crippen molar-refractivity contribution < 1.29 is 15.0 Å². The van der Waals surface area contributed by atoms with Gasteiger partial charge in [-0.1, -0.05) is 6.92 Å². The van der Waals surface area contributed by atoms with E-state index in [9.17, 15) is 9.90 Å². The summed E-state index contributed by atoms with van der Waals surface area (Å²) in [5, 5.41) is 17.4. The van der Waals surface area contributed by atoms with E-state index in [1.165, 1.54) is 0 Å². The quantitative estimate of drug-likeness (QED) is 0.533. The maximum atomic E-state index is 9.90. The number of rotatable bonds is 3. The molecular formula is C5H8ClO3-. The third-order valence-electron chi connectivity index (χ3n) is 0.981. The van der Waals surface area contributed by atoms with Gasteiger partial charge in [-0.3, -0.25) is 0 Å². The van der Waals surface area contributed by atoms with Crippen LogP contribution in [0.25, 0.3) is 0 Å². The zero-order chi connectivity index (χ0) is 7.44. The number of aliphatic carboxylic acids is 1. The second-order valence-corrected chi connectivity index (χ2v) is 2.17. The number of hydrogen-bond acceptors (Lipinski definition) is 3. The maximum Gasteiger partial charge on any atom is 0.0988 e. The van der Waals surface area contributed by atoms with Crippen LogP contribution in [-0.2, 0) is 4.79 Å². The number of aliphatic hydroxyl groups is 1. The molecule has 0 aromatic heterocycles. The molecule has 0 amide bonds. The number of carboxylic acid groups (broad SMARTS) is 1. The predicted octanol–water partition coefficient (Wildman–Crippen LogP) is -0.885. The van der Waals surface area contributed by atoms with Crippen LogP contribution < -0.4 is 5.11 Å². The summed E-state index contributed by atoms with van der Waals surface area (Å²) in [6.45, 7) is 1.64. The van der Waals surface area contributed by atoms with Gasteiger partial charge in [0.15, 0.2) is 0 Å². The third kappa shape index (κ3) is 2.67. The minimum absolute atomic E-state index is 0.322. The fourth-order valence-corrected chi connectivity index (χ4v) is 0.542. The molecule has 2 atom stereocenters. The van der Waals surface area contributed by atoms with Gasteiger partial charge >= 0.3 is 0 Å². The van der Waals surface area contributed by atoms with Gasteiger partial charge < -0.3 is 15.0 Å². The first kappa shape index (κ1) is 8.72. The molecule has 0 rings (SSSR count). The van der Waals surface area contributed by atoms with E-state index in [-0.39, 0.29) is 0 Å². The summed E-state index contributed by atoms with van der Waals surface area (Å²) in [5.41, 5.74) is 0. The Morgan fingerprint density at radius 3 is 2.44 bits per heavy atom. The number of carboxylic acids is 1. The SMILES string of the molecule is CC[C@@H](O)[C@H](Cl)C(=O)[O-]. The van der Waals surface area contributed by atoms with Crippen molar-refractivity contribution in [3.8, 4) is 0 Å². The lowest BCUT2D eigenvalue weighted by Gasteiger charge is -2.14. The topological polar surface area (TPSA) is 60.4 Å². The summed E-state index contributed by atoms with van der Waals surface area (Å²) in [7, 11) is 0. The second-order valence-electron chi connectivity index (χ2n) is 1.70. The Morgan fingerprint density at radius 1 is 1.89 bits per heavy atom. The van der Waals surface area contributed by atoms with Gasteiger partial charge in [-0.15, -0.1) is 11.6 Å². The molecule has 0 aliphatic heterocycles. The molecule has 0 bridgehead atoms. The summed E-state index contributed by atoms with van der Waals surface area (Å²) in [5.74, 6) is -1.42. The van der Waals surface area contributed by atoms with Crippen molar-refractivity contribution in [2.45, 2.75) is 24.8 Å². The van der Waals surface area contributed by atoms with Gasteiger partial charge in [0.1, 0.15) is 0 Å². The van der Waals surface area contributed by atoms with Crippen molar-refractivity contribution in [3.63, 3.8) is 0 Å². The van der Waals surface area contributed by atoms with Crippen LogP contribution in [0, 0.1) is 0 Å². The standard InChI is InChI=1S/C5H9ClO3/c1-2-3(7)4(6)5(8)9/h3-4,7H,2H2,1H3,(H,8,9)/p-1/t3-,4+/m1/s1. The van der Waals surface area contributed by atoms with Gasteiger partial charge in [0, 0.05) is 0 Å². The molecule has 0 fully saturated rings. The molecule has 4 heteroatoms. The van der Waals surface area contributed by atoms with E-state index in [0.717, 1.165) is 0 Å². The zero-order valence-corrected chi connectivity index (χ0v) is 5.76. The van der Waals surface area contributed by atoms with Crippen LogP contribution in [0.4, 0.5) is 0 Å². The molecule has 0 radical (unpaired) electrons. The van der Waals surface area contributed by atoms with Crippen LogP contribution in [0.3, 0.4) is 0 Å². The van der Waals surface area contributed by atoms with Crippen LogP contribution in [0.2, 0.25) is 0 Å². The molecular weight excluding hydrogens is 144 g/mol. The van der Waals surface area contributed by atoms with E-state index < -0.39 is 17.5 Å². The lowest BCUT2D eigenvalue weighted by molar-refractivity contribution is -0.306. The molecule has 0 spiro atoms. The molecule has 0 aliphatic carbocycles. The summed E-state index contributed by atoms with van der Waals surface area (Å²) in [6.07, 6.45) is -0.682. The van der Waals surface area contributed by atoms with Gasteiger partial charge in [-0.05, 0) is 6.42 Å². The molecule has 54 valence electrons. The molecule has 0 saturated heterocycles. The monoisotopic (exact) mass is 151 g/mol. The van der Waals surface area contributed by atoms with Crippen LogP contribution in [0.15, 0.2) is 0 Å². The van der Waals surface area contributed by atoms with E-state index in [1.807, 2.05) is 0 Å². The Morgan fingerprint density at radius 2 is 2.33 bits per heavy atom. The number of hydrogen-bond donors (Lipinski definition) is 1. The molecule has 0 aromatic carbocycles. The fraction of sp³-hybridized carbons (Fsp3) is 0.800. The molecule has 0 unspecified atom stereocenters. The van der Waals surface area contributed by atoms with Crippen molar-refractivity contribution in [1.29, 1.82) is 0 Å². The Balaban J connectivity index is 3.72. The van der Waals surface area contributed by atoms with Crippen molar-refractivity contribution in [2.24, 2.45) is 0 Å². The molecule has 0 aliphatic rings. The first-order chi connectivity index (χ1) is 4.09. The average molecular weight is 152 g/mol. The maximum absolute atomic E-state index is 9.90. The molecule has 1 N–H and O–H groups in total. The van der Waals surface area contributed by atoms with E-state index >= 15 is 0 Å². The second kappa shape index (κ2) is 3.69. The van der Waals surface area contributed by atoms with Crippen molar-refractivity contribution in [1.82, 2.24) is 0 Å². The summed E-state index contributed by atoms with van der Waals surface area (Å²) in [6, 6.07) is 0. The third-order valence-corrected chi connectivity index (χ3v) is 1.45. The summed E-state index contributed by atoms with van der Waals surface area (Å²) < 4.78 is 0. The van der Waals surface area contributed by atoms with Crippen LogP contribution in [0.1, 0.15) is 13.3 Å². The summed E-state index contributed by atoms with van der Waals surface area (Å²) in [4.78, 5) is 9.90. The highest BCUT2D eigenvalue weighted by Gasteiger charge is 2.14. The molecule has 0 heterocycles. The number of halogens is 1. The Bertz CT molecular complexity index is 104. The van der Waals surface area contributed by atoms with Crippen LogP contribution in [0.5, 0.6) is 0 Å². The van der Waals surface area contributed by atoms with Crippen LogP contribution >= 0.6 is 11.6 Å². The van der Waals surface area contributed by atoms with Crippen molar-refractivity contribution >= 4 is 17.6 Å². The fourth-order valence-electron chi connectivity index (χ4n) is 0.364. The Kier molecular flexibility index (Phi) is 3.58. The van der Waals surface area contributed by atoms with Gasteiger partial charge in [0.05, 0.1) is 17.5 Å². The molecule has 9 heavy (non-hydrogen) atoms. The number of carbonyl (C=O) groups is 1. The largest absolute Gasteiger partial charge is 0.548 e. The van der Waals surface area contributed by atoms with Gasteiger partial charge in [-0.2, -0.15) is 0 Å². The minimum Gasteiger partial charge on any atom is -0.548 e. The first-order valence-corrected chi connectivity index (χ1v) is 3.06. The zero-order valence-electron chi connectivity index (χ0n) is 5.00. The smallest absolute Gasteiger partial charge is 0.0988 e. The number of carbonyl (C=O) groups excluding carboxylic acids is 1. The average Bonchev–Trinajstić information content (AvgIpc) is 1.84. The predicted molar refractivity (Wildman–Crippen MR) is 30.9 cm³/mol. The highest BCUT2D eigenvalue weighted by atomic mass is 35.5. The van der Waals surface area contributed by atoms with E-state index in [2.05, 4.69) is 0 Å². The van der Waals surface area contributed by atoms with Crippen molar-refractivity contribution in [2.75, 3.05) is 0 Å². The van der Waals surface area contributed by atoms with Gasteiger partial charge in [0.25, 0.3) is 0 Å². The summed E-state index contributed by atoms with van der Waals surface area (Å²) >= 11 is 5.15. The lowest BCUT2D eigenvalue weighted by Crippen LogP contribution is -2.39. The van der Waals surface area contributed by atoms with Gasteiger partial charge in [-0.25, -0.2) is 0 Å². The Hall–Kier alpha value is -0.280. The highest BCUT2D eigenvalue weighted by molar-refractivity contribution is 6.29. The Labute approximate surface area is 58.3 Å². The molecule has 0 aromatic rings. The normalized spacial score (nSPS) is 16.8. The first-order valence-electron chi connectivity index (χ1n) is 2.62. The highest BCUT2D eigenvalue weighted by Crippen LogP contribution is 2.04. The lowest BCUT2D eigenvalue weighted by atomic mass is 10.2. The van der Waals surface area contributed by atoms with E-state index in [0.29, 0.717) is 6.42 Å². The van der Waals surface area contributed by atoms with E-state index in [4.69, 9.17) is 16.7 Å². The minimum atomic E-state index is -1.42. The molecule has 3 nitrogen and oxygen atoms in total. The van der Waals surface area contributed by atoms with E-state index in [1.54, 1.807) is 6.92 Å². The van der Waals surface area contributed by atoms with Crippen molar-refractivity contribution in [3.05, 3.63) is 0 Å².